The zero-order chi connectivity index (χ0) is 14.4. The van der Waals surface area contributed by atoms with Gasteiger partial charge in [0.05, 0.1) is 6.04 Å². The molecule has 1 aliphatic rings. The topological polar surface area (TPSA) is 98.7 Å². The van der Waals surface area contributed by atoms with E-state index in [-0.39, 0.29) is 24.4 Å². The van der Waals surface area contributed by atoms with E-state index in [0.29, 0.717) is 13.0 Å². The van der Waals surface area contributed by atoms with Crippen molar-refractivity contribution in [3.8, 4) is 0 Å². The van der Waals surface area contributed by atoms with Gasteiger partial charge in [0.2, 0.25) is 11.8 Å². The summed E-state index contributed by atoms with van der Waals surface area (Å²) in [6.07, 6.45) is 2.60. The van der Waals surface area contributed by atoms with Gasteiger partial charge in [-0.15, -0.1) is 0 Å². The molecule has 2 unspecified atom stereocenters. The summed E-state index contributed by atoms with van der Waals surface area (Å²) in [4.78, 5) is 35.7. The summed E-state index contributed by atoms with van der Waals surface area (Å²) in [5.41, 5.74) is 0. The maximum atomic E-state index is 11.8. The number of likely N-dealkylation sites (N-methyl/N-ethyl adjacent to an activating group) is 1. The molecular formula is C12H21N3O4. The average Bonchev–Trinajstić information content (AvgIpc) is 2.37. The van der Waals surface area contributed by atoms with Crippen molar-refractivity contribution in [2.24, 2.45) is 0 Å². The molecule has 1 saturated heterocycles. The average molecular weight is 271 g/mol. The maximum absolute atomic E-state index is 11.8. The van der Waals surface area contributed by atoms with Gasteiger partial charge in [-0.1, -0.05) is 6.42 Å². The molecule has 7 heteroatoms. The van der Waals surface area contributed by atoms with Crippen molar-refractivity contribution in [1.82, 2.24) is 15.5 Å². The lowest BCUT2D eigenvalue weighted by atomic mass is 10.0. The fourth-order valence-corrected chi connectivity index (χ4v) is 2.34. The summed E-state index contributed by atoms with van der Waals surface area (Å²) in [5, 5.41) is 14.1. The van der Waals surface area contributed by atoms with E-state index in [9.17, 15) is 14.4 Å². The molecule has 7 nitrogen and oxygen atoms in total. The molecule has 1 fully saturated rings. The highest BCUT2D eigenvalue weighted by Crippen LogP contribution is 2.17. The maximum Gasteiger partial charge on any atom is 0.327 e. The van der Waals surface area contributed by atoms with Gasteiger partial charge in [0.15, 0.2) is 0 Å². The van der Waals surface area contributed by atoms with Crippen molar-refractivity contribution in [2.75, 3.05) is 20.1 Å². The van der Waals surface area contributed by atoms with Crippen LogP contribution >= 0.6 is 0 Å². The van der Waals surface area contributed by atoms with Gasteiger partial charge in [-0.3, -0.25) is 14.5 Å². The minimum atomic E-state index is -1.09. The van der Waals surface area contributed by atoms with E-state index in [0.717, 1.165) is 12.8 Å². The minimum Gasteiger partial charge on any atom is -0.480 e. The largest absolute Gasteiger partial charge is 0.480 e. The van der Waals surface area contributed by atoms with Crippen LogP contribution in [0.25, 0.3) is 0 Å². The van der Waals surface area contributed by atoms with Crippen molar-refractivity contribution in [1.29, 1.82) is 0 Å². The molecule has 1 rings (SSSR count). The van der Waals surface area contributed by atoms with Crippen LogP contribution in [0.1, 0.15) is 26.2 Å². The number of hydrogen-bond donors (Lipinski definition) is 3. The van der Waals surface area contributed by atoms with Gasteiger partial charge in [-0.25, -0.2) is 4.79 Å². The van der Waals surface area contributed by atoms with Crippen LogP contribution in [0.5, 0.6) is 0 Å². The third-order valence-corrected chi connectivity index (χ3v) is 3.26. The second-order valence-electron chi connectivity index (χ2n) is 4.71. The lowest BCUT2D eigenvalue weighted by Gasteiger charge is -2.35. The Morgan fingerprint density at radius 2 is 2.05 bits per heavy atom. The number of aliphatic carboxylic acids is 1. The summed E-state index contributed by atoms with van der Waals surface area (Å²) in [6, 6.07) is -1.29. The van der Waals surface area contributed by atoms with Crippen LogP contribution in [0, 0.1) is 0 Å². The smallest absolute Gasteiger partial charge is 0.327 e. The van der Waals surface area contributed by atoms with Gasteiger partial charge < -0.3 is 15.7 Å². The van der Waals surface area contributed by atoms with Gasteiger partial charge >= 0.3 is 5.97 Å². The quantitative estimate of drug-likeness (QED) is 0.606. The molecule has 0 aliphatic carbocycles. The molecule has 0 aromatic heterocycles. The Morgan fingerprint density at radius 1 is 1.37 bits per heavy atom. The van der Waals surface area contributed by atoms with E-state index in [2.05, 4.69) is 10.6 Å². The van der Waals surface area contributed by atoms with Gasteiger partial charge in [0.25, 0.3) is 0 Å². The van der Waals surface area contributed by atoms with Crippen molar-refractivity contribution in [3.63, 3.8) is 0 Å². The van der Waals surface area contributed by atoms with Crippen LogP contribution in [-0.2, 0) is 14.4 Å². The van der Waals surface area contributed by atoms with E-state index in [1.165, 1.54) is 6.92 Å². The minimum absolute atomic E-state index is 0.105. The third kappa shape index (κ3) is 4.51. The molecule has 3 N–H and O–H groups in total. The Kier molecular flexibility index (Phi) is 5.75. The molecule has 2 atom stereocenters. The molecule has 0 radical (unpaired) electrons. The van der Waals surface area contributed by atoms with Crippen molar-refractivity contribution >= 4 is 17.8 Å². The van der Waals surface area contributed by atoms with E-state index in [1.54, 1.807) is 7.05 Å². The van der Waals surface area contributed by atoms with Crippen LogP contribution in [0.4, 0.5) is 0 Å². The first-order chi connectivity index (χ1) is 8.95. The number of hydrogen-bond acceptors (Lipinski definition) is 4. The summed E-state index contributed by atoms with van der Waals surface area (Å²) in [6.45, 7) is 2.09. The second-order valence-corrected chi connectivity index (χ2v) is 4.71. The zero-order valence-corrected chi connectivity index (χ0v) is 11.3. The van der Waals surface area contributed by atoms with Gasteiger partial charge in [0, 0.05) is 20.5 Å². The molecule has 0 spiro atoms. The molecule has 2 amide bonds. The molecule has 0 aromatic carbocycles. The van der Waals surface area contributed by atoms with Crippen molar-refractivity contribution in [2.45, 2.75) is 38.3 Å². The number of likely N-dealkylation sites (tertiary alicyclic amines) is 1. The lowest BCUT2D eigenvalue weighted by Crippen LogP contribution is -2.55. The Hall–Kier alpha value is -1.63. The number of carboxylic acid groups (broad SMARTS) is 1. The molecule has 0 bridgehead atoms. The van der Waals surface area contributed by atoms with E-state index < -0.39 is 12.0 Å². The first-order valence-electron chi connectivity index (χ1n) is 6.41. The molecule has 108 valence electrons. The van der Waals surface area contributed by atoms with Crippen LogP contribution in [0.2, 0.25) is 0 Å². The van der Waals surface area contributed by atoms with Gasteiger partial charge in [-0.2, -0.15) is 0 Å². The highest BCUT2D eigenvalue weighted by atomic mass is 16.4. The fourth-order valence-electron chi connectivity index (χ4n) is 2.34. The van der Waals surface area contributed by atoms with Crippen LogP contribution < -0.4 is 10.6 Å². The molecule has 0 saturated carbocycles. The number of carboxylic acids is 1. The molecule has 19 heavy (non-hydrogen) atoms. The van der Waals surface area contributed by atoms with Crippen molar-refractivity contribution < 1.29 is 19.5 Å². The SMILES string of the molecule is CNC(=O)C1CCCCN1CC(NC(C)=O)C(=O)O. The monoisotopic (exact) mass is 271 g/mol. The standard InChI is InChI=1S/C12H21N3O4/c1-8(16)14-9(12(18)19)7-15-6-4-3-5-10(15)11(17)13-2/h9-10H,3-7H2,1-2H3,(H,13,17)(H,14,16)(H,18,19). The summed E-state index contributed by atoms with van der Waals surface area (Å²) < 4.78 is 0. The Bertz CT molecular complexity index is 359. The summed E-state index contributed by atoms with van der Waals surface area (Å²) in [7, 11) is 1.57. The Labute approximate surface area is 112 Å². The van der Waals surface area contributed by atoms with E-state index in [4.69, 9.17) is 5.11 Å². The second kappa shape index (κ2) is 7.08. The predicted molar refractivity (Wildman–Crippen MR) is 68.5 cm³/mol. The Balaban J connectivity index is 2.71. The molecule has 1 heterocycles. The number of nitrogens with one attached hydrogen (secondary N) is 2. The van der Waals surface area contributed by atoms with Crippen molar-refractivity contribution in [3.05, 3.63) is 0 Å². The highest BCUT2D eigenvalue weighted by molar-refractivity contribution is 5.83. The molecular weight excluding hydrogens is 250 g/mol. The molecule has 1 aliphatic heterocycles. The third-order valence-electron chi connectivity index (χ3n) is 3.26. The number of piperidine rings is 1. The summed E-state index contributed by atoms with van der Waals surface area (Å²) in [5.74, 6) is -1.58. The van der Waals surface area contributed by atoms with Gasteiger partial charge in [-0.05, 0) is 19.4 Å². The van der Waals surface area contributed by atoms with Crippen LogP contribution in [0.3, 0.4) is 0 Å². The van der Waals surface area contributed by atoms with Gasteiger partial charge in [0.1, 0.15) is 6.04 Å². The number of carbonyl (C=O) groups excluding carboxylic acids is 2. The first-order valence-corrected chi connectivity index (χ1v) is 6.41. The Morgan fingerprint density at radius 3 is 2.58 bits per heavy atom. The highest BCUT2D eigenvalue weighted by Gasteiger charge is 2.31. The molecule has 0 aromatic rings. The first kappa shape index (κ1) is 15.4. The van der Waals surface area contributed by atoms with Crippen LogP contribution in [-0.4, -0.2) is 60.0 Å². The predicted octanol–water partition coefficient (Wildman–Crippen LogP) is -0.824. The fraction of sp³-hybridized carbons (Fsp3) is 0.750. The number of amides is 2. The lowest BCUT2D eigenvalue weighted by molar-refractivity contribution is -0.143. The number of carbonyl (C=O) groups is 3. The normalized spacial score (nSPS) is 21.5. The van der Waals surface area contributed by atoms with E-state index in [1.807, 2.05) is 4.90 Å². The number of nitrogens with zero attached hydrogens (tertiary/aromatic N) is 1. The van der Waals surface area contributed by atoms with E-state index >= 15 is 0 Å². The number of rotatable bonds is 5. The summed E-state index contributed by atoms with van der Waals surface area (Å²) >= 11 is 0. The zero-order valence-electron chi connectivity index (χ0n) is 11.3. The van der Waals surface area contributed by atoms with Crippen LogP contribution in [0.15, 0.2) is 0 Å².